The molecule has 45 heavy (non-hydrogen) atoms. The molecule has 0 radical (unpaired) electrons. The van der Waals surface area contributed by atoms with Crippen molar-refractivity contribution >= 4 is 62.2 Å². The minimum atomic E-state index is -3.27. The lowest BCUT2D eigenvalue weighted by Crippen LogP contribution is -2.18. The molecule has 0 atom stereocenters. The summed E-state index contributed by atoms with van der Waals surface area (Å²) >= 11 is 0. The molecule has 0 aliphatic heterocycles. The van der Waals surface area contributed by atoms with Gasteiger partial charge in [-0.2, -0.15) is 0 Å². The summed E-state index contributed by atoms with van der Waals surface area (Å²) in [5.41, 5.74) is 3.22. The largest absolute Gasteiger partial charge is 0.497 e. The Morgan fingerprint density at radius 2 is 1.49 bits per heavy atom. The second kappa shape index (κ2) is 13.6. The average Bonchev–Trinajstić information content (AvgIpc) is 3.04. The fourth-order valence-corrected chi connectivity index (χ4v) is 4.92. The van der Waals surface area contributed by atoms with Gasteiger partial charge in [0.1, 0.15) is 11.5 Å². The number of ether oxygens (including phenoxy) is 2. The normalized spacial score (nSPS) is 10.6. The predicted octanol–water partition coefficient (Wildman–Crippen LogP) is 5.56. The summed E-state index contributed by atoms with van der Waals surface area (Å²) in [6.07, 6.45) is 0. The van der Waals surface area contributed by atoms with Gasteiger partial charge in [-0.25, -0.2) is 22.7 Å². The number of amides is 1. The number of nitrogens with one attached hydrogen (secondary N) is 1. The van der Waals surface area contributed by atoms with E-state index in [4.69, 9.17) is 9.47 Å². The Bertz CT molecular complexity index is 2000. The van der Waals surface area contributed by atoms with Gasteiger partial charge in [0.15, 0.2) is 22.4 Å². The Labute approximate surface area is 260 Å². The van der Waals surface area contributed by atoms with Gasteiger partial charge in [0.05, 0.1) is 36.5 Å². The molecule has 0 aliphatic carbocycles. The van der Waals surface area contributed by atoms with Crippen LogP contribution >= 0.6 is 0 Å². The Morgan fingerprint density at radius 1 is 0.822 bits per heavy atom. The zero-order chi connectivity index (χ0) is 31.9. The molecule has 1 aromatic heterocycles. The Hall–Kier alpha value is -5.85. The van der Waals surface area contributed by atoms with Gasteiger partial charge in [-0.05, 0) is 48.5 Å². The molecule has 1 heterocycles. The van der Waals surface area contributed by atoms with Crippen LogP contribution in [-0.2, 0) is 10.9 Å². The molecule has 0 aliphatic rings. The van der Waals surface area contributed by atoms with E-state index in [-0.39, 0.29) is 23.0 Å². The van der Waals surface area contributed by atoms with E-state index in [2.05, 4.69) is 30.4 Å². The Morgan fingerprint density at radius 3 is 2.16 bits per heavy atom. The van der Waals surface area contributed by atoms with Crippen LogP contribution in [0.5, 0.6) is 11.5 Å². The number of anilines is 5. The zero-order valence-electron chi connectivity index (χ0n) is 24.8. The summed E-state index contributed by atoms with van der Waals surface area (Å²) in [4.78, 5) is 27.5. The van der Waals surface area contributed by atoms with Gasteiger partial charge in [-0.1, -0.05) is 24.3 Å². The number of carbonyl (C=O) groups is 1. The molecular formula is C31H29N8O5S+. The quantitative estimate of drug-likeness (QED) is 0.115. The Balaban J connectivity index is 1.53. The van der Waals surface area contributed by atoms with Crippen LogP contribution in [0.15, 0.2) is 101 Å². The predicted molar refractivity (Wildman–Crippen MR) is 173 cm³/mol. The molecule has 13 nitrogen and oxygen atoms in total. The minimum Gasteiger partial charge on any atom is -0.497 e. The van der Waals surface area contributed by atoms with Crippen LogP contribution in [0.2, 0.25) is 0 Å². The highest BCUT2D eigenvalue weighted by atomic mass is 32.2. The number of hydrogen-bond donors (Lipinski definition) is 2. The zero-order valence-corrected chi connectivity index (χ0v) is 25.7. The molecule has 14 heteroatoms. The lowest BCUT2D eigenvalue weighted by Gasteiger charge is -2.20. The van der Waals surface area contributed by atoms with Gasteiger partial charge >= 0.3 is 5.91 Å². The molecule has 4 aromatic carbocycles. The first-order valence-electron chi connectivity index (χ1n) is 13.5. The fraction of sp³-hybridized carbons (Fsp3) is 0.129. The van der Waals surface area contributed by atoms with E-state index in [1.165, 1.54) is 20.3 Å². The second-order valence-electron chi connectivity index (χ2n) is 9.72. The van der Waals surface area contributed by atoms with Crippen LogP contribution < -0.4 is 28.9 Å². The van der Waals surface area contributed by atoms with Crippen LogP contribution in [0.3, 0.4) is 0 Å². The molecular weight excluding hydrogens is 596 g/mol. The number of methoxy groups -OCH3 is 2. The molecule has 228 valence electrons. The SMILES string of the molecule is COc1cc(Nc2nc3ccccc3nc2N(c2cccc(N=[N+]=NC(=O)c3cccc(N(C)C)c3)c2)[SH](=O)=O)cc(OC)c1. The summed E-state index contributed by atoms with van der Waals surface area (Å²) in [5.74, 6) is 0.647. The minimum absolute atomic E-state index is 0.0151. The maximum absolute atomic E-state index is 12.8. The van der Waals surface area contributed by atoms with Crippen molar-refractivity contribution in [2.45, 2.75) is 0 Å². The monoisotopic (exact) mass is 625 g/mol. The number of carbonyl (C=O) groups excluding carboxylic acids is 1. The highest BCUT2D eigenvalue weighted by molar-refractivity contribution is 7.74. The number of nitrogens with zero attached hydrogens (tertiary/aromatic N) is 7. The summed E-state index contributed by atoms with van der Waals surface area (Å²) in [6.45, 7) is 0. The van der Waals surface area contributed by atoms with Crippen molar-refractivity contribution in [3.8, 4) is 11.5 Å². The van der Waals surface area contributed by atoms with Crippen molar-refractivity contribution in [2.75, 3.05) is 42.8 Å². The number of hydrogen-bond acceptors (Lipinski definition) is 10. The van der Waals surface area contributed by atoms with Crippen LogP contribution in [0, 0.1) is 0 Å². The molecule has 0 saturated carbocycles. The van der Waals surface area contributed by atoms with Gasteiger partial charge in [-0.3, -0.25) is 4.79 Å². The van der Waals surface area contributed by atoms with E-state index in [1.54, 1.807) is 72.8 Å². The standard InChI is InChI=1S/C31H28N8O5S/c1-38(2)23-11-7-9-20(15-23)31(40)36-37-35-21-10-8-12-24(16-21)39(45(41)42)30-29(33-27-13-5-6-14-28(27)34-30)32-22-17-25(43-3)19-26(18-22)44-4/h5-19,45H,1-4H3/p+1. The van der Waals surface area contributed by atoms with Crippen LogP contribution in [0.25, 0.3) is 11.0 Å². The molecule has 1 amide bonds. The molecule has 5 rings (SSSR count). The first kappa shape index (κ1) is 30.6. The third-order valence-electron chi connectivity index (χ3n) is 6.51. The fourth-order valence-electron chi connectivity index (χ4n) is 4.31. The third kappa shape index (κ3) is 7.21. The van der Waals surface area contributed by atoms with Crippen LogP contribution in [0.1, 0.15) is 10.4 Å². The van der Waals surface area contributed by atoms with Gasteiger partial charge < -0.3 is 19.7 Å². The average molecular weight is 626 g/mol. The molecule has 0 saturated heterocycles. The van der Waals surface area contributed by atoms with Crippen molar-refractivity contribution < 1.29 is 22.7 Å². The van der Waals surface area contributed by atoms with E-state index >= 15 is 0 Å². The van der Waals surface area contributed by atoms with E-state index < -0.39 is 16.8 Å². The van der Waals surface area contributed by atoms with Crippen LogP contribution in [0.4, 0.5) is 34.4 Å². The number of aromatic nitrogens is 2. The molecule has 5 aromatic rings. The molecule has 1 N–H and O–H groups in total. The summed E-state index contributed by atoms with van der Waals surface area (Å²) in [7, 11) is 3.52. The topological polar surface area (TPSA) is 153 Å². The third-order valence-corrected chi connectivity index (χ3v) is 7.26. The number of benzene rings is 4. The number of para-hydroxylation sites is 2. The van der Waals surface area contributed by atoms with E-state index in [9.17, 15) is 13.2 Å². The number of thiol groups is 1. The highest BCUT2D eigenvalue weighted by Gasteiger charge is 2.22. The second-order valence-corrected chi connectivity index (χ2v) is 10.6. The Kier molecular flexibility index (Phi) is 9.27. The first-order chi connectivity index (χ1) is 21.7. The van der Waals surface area contributed by atoms with E-state index in [0.717, 1.165) is 9.99 Å². The van der Waals surface area contributed by atoms with Crippen molar-refractivity contribution in [3.05, 3.63) is 96.6 Å². The smallest absolute Gasteiger partial charge is 0.360 e. The molecule has 0 spiro atoms. The van der Waals surface area contributed by atoms with Crippen molar-refractivity contribution in [2.24, 2.45) is 10.2 Å². The van der Waals surface area contributed by atoms with Gasteiger partial charge in [-0.15, -0.1) is 0 Å². The molecule has 0 unspecified atom stereocenters. The maximum atomic E-state index is 12.8. The summed E-state index contributed by atoms with van der Waals surface area (Å²) in [5, 5.41) is 10.9. The van der Waals surface area contributed by atoms with E-state index in [0.29, 0.717) is 33.8 Å². The van der Waals surface area contributed by atoms with Gasteiger partial charge in [0.2, 0.25) is 20.9 Å². The van der Waals surface area contributed by atoms with Gasteiger partial charge in [0.25, 0.3) is 0 Å². The van der Waals surface area contributed by atoms with Crippen molar-refractivity contribution in [1.29, 1.82) is 0 Å². The lowest BCUT2D eigenvalue weighted by molar-refractivity contribution is 0.0992. The van der Waals surface area contributed by atoms with Crippen molar-refractivity contribution in [1.82, 2.24) is 14.9 Å². The first-order valence-corrected chi connectivity index (χ1v) is 14.6. The van der Waals surface area contributed by atoms with Crippen molar-refractivity contribution in [3.63, 3.8) is 0 Å². The number of rotatable bonds is 10. The summed E-state index contributed by atoms with van der Waals surface area (Å²) in [6, 6.07) is 25.4. The maximum Gasteiger partial charge on any atom is 0.360 e. The summed E-state index contributed by atoms with van der Waals surface area (Å²) < 4.78 is 37.4. The highest BCUT2D eigenvalue weighted by Crippen LogP contribution is 2.36. The van der Waals surface area contributed by atoms with E-state index in [1.807, 2.05) is 31.1 Å². The number of fused-ring (bicyclic) bond motifs is 1. The lowest BCUT2D eigenvalue weighted by atomic mass is 10.2. The van der Waals surface area contributed by atoms with Crippen LogP contribution in [-0.4, -0.2) is 52.6 Å². The van der Waals surface area contributed by atoms with Gasteiger partial charge in [0, 0.05) is 43.7 Å². The molecule has 0 bridgehead atoms. The molecule has 0 fully saturated rings.